The summed E-state index contributed by atoms with van der Waals surface area (Å²) in [5, 5.41) is 15.0. The maximum atomic E-state index is 6.37. The van der Waals surface area contributed by atoms with Gasteiger partial charge >= 0.3 is 0 Å². The van der Waals surface area contributed by atoms with Crippen LogP contribution in [0.4, 0.5) is 34.1 Å². The Kier molecular flexibility index (Phi) is 13.2. The first-order valence-corrected chi connectivity index (χ1v) is 29.5. The van der Waals surface area contributed by atoms with Gasteiger partial charge in [-0.2, -0.15) is 0 Å². The molecule has 0 bridgehead atoms. The van der Waals surface area contributed by atoms with Crippen LogP contribution in [0.1, 0.15) is 105 Å². The molecule has 4 nitrogen and oxygen atoms in total. The van der Waals surface area contributed by atoms with Crippen LogP contribution in [0.25, 0.3) is 86.9 Å². The van der Waals surface area contributed by atoms with Crippen LogP contribution in [0.5, 0.6) is 11.5 Å². The summed E-state index contributed by atoms with van der Waals surface area (Å²) in [6.45, 7) is 21.7. The van der Waals surface area contributed by atoms with E-state index in [0.29, 0.717) is 11.8 Å². The fourth-order valence-corrected chi connectivity index (χ4v) is 12.9. The van der Waals surface area contributed by atoms with E-state index in [0.717, 1.165) is 58.5 Å². The molecule has 0 amide bonds. The Morgan fingerprint density at radius 1 is 0.317 bits per heavy atom. The minimum atomic E-state index is -0.314. The lowest BCUT2D eigenvalue weighted by molar-refractivity contribution is 0.130. The van der Waals surface area contributed by atoms with Gasteiger partial charge in [0.25, 0.3) is 0 Å². The number of rotatable bonds is 14. The van der Waals surface area contributed by atoms with Crippen molar-refractivity contribution in [1.82, 2.24) is 0 Å². The zero-order chi connectivity index (χ0) is 56.6. The fraction of sp³-hybridized carbons (Fsp3) is 0.205. The molecule has 0 aliphatic rings. The number of ether oxygens (including phenoxy) is 2. The van der Waals surface area contributed by atoms with Gasteiger partial charge < -0.3 is 19.3 Å². The van der Waals surface area contributed by atoms with Crippen molar-refractivity contribution in [2.45, 2.75) is 105 Å². The van der Waals surface area contributed by atoms with Gasteiger partial charge in [-0.3, -0.25) is 0 Å². The van der Waals surface area contributed by atoms with Crippen LogP contribution < -0.4 is 19.3 Å². The SMILES string of the molecule is CCC(C)c1ccc(N(c2ccc(OC(C)(C)C)cc2)c2ccc3c4c(-c5ccccc5)c5c6ccc(N(c7ccc(OC(C)(C)C)cc7)c7ccc(C(C)CC)cc7)c7cccc(c5c(-c5ccccc5)c4c4cccc2c43)c76)cc1. The average Bonchev–Trinajstić information content (AvgIpc) is 4.23. The van der Waals surface area contributed by atoms with E-state index in [-0.39, 0.29) is 11.2 Å². The summed E-state index contributed by atoms with van der Waals surface area (Å²) in [5.41, 5.74) is 13.6. The van der Waals surface area contributed by atoms with E-state index in [9.17, 15) is 0 Å². The topological polar surface area (TPSA) is 24.9 Å². The minimum absolute atomic E-state index is 0.314. The molecule has 0 aromatic heterocycles. The van der Waals surface area contributed by atoms with Crippen molar-refractivity contribution in [3.05, 3.63) is 230 Å². The molecule has 0 heterocycles. The van der Waals surface area contributed by atoms with Gasteiger partial charge in [-0.05, 0) is 238 Å². The lowest BCUT2D eigenvalue weighted by Gasteiger charge is -2.28. The molecule has 0 N–H and O–H groups in total. The van der Waals surface area contributed by atoms with Crippen LogP contribution in [0.3, 0.4) is 0 Å². The highest BCUT2D eigenvalue weighted by atomic mass is 16.5. The number of hydrogen-bond donors (Lipinski definition) is 0. The van der Waals surface area contributed by atoms with Crippen LogP contribution in [0.15, 0.2) is 218 Å². The number of fused-ring (bicyclic) bond motifs is 6. The van der Waals surface area contributed by atoms with E-state index in [4.69, 9.17) is 9.47 Å². The van der Waals surface area contributed by atoms with Gasteiger partial charge in [-0.1, -0.05) is 161 Å². The Hall–Kier alpha value is -8.86. The molecule has 0 saturated heterocycles. The number of benzene rings is 11. The smallest absolute Gasteiger partial charge is 0.120 e. The van der Waals surface area contributed by atoms with Gasteiger partial charge in [-0.15, -0.1) is 0 Å². The number of hydrogen-bond acceptors (Lipinski definition) is 4. The first-order chi connectivity index (χ1) is 39.7. The highest BCUT2D eigenvalue weighted by Gasteiger charge is 2.30. The molecule has 0 saturated carbocycles. The third-order valence-electron chi connectivity index (χ3n) is 16.9. The maximum absolute atomic E-state index is 6.37. The van der Waals surface area contributed by atoms with Crippen LogP contribution in [-0.2, 0) is 0 Å². The molecule has 4 heteroatoms. The molecular formula is C78H72N2O2. The Bertz CT molecular complexity index is 4080. The Morgan fingerprint density at radius 3 is 0.939 bits per heavy atom. The second kappa shape index (κ2) is 20.6. The summed E-state index contributed by atoms with van der Waals surface area (Å²) < 4.78 is 12.7. The first-order valence-electron chi connectivity index (χ1n) is 29.5. The molecule has 2 unspecified atom stereocenters. The Balaban J connectivity index is 1.11. The molecule has 13 aromatic carbocycles. The summed E-state index contributed by atoms with van der Waals surface area (Å²) in [4.78, 5) is 4.88. The van der Waals surface area contributed by atoms with Crippen LogP contribution in [0.2, 0.25) is 0 Å². The fourth-order valence-electron chi connectivity index (χ4n) is 12.9. The van der Waals surface area contributed by atoms with E-state index in [2.05, 4.69) is 297 Å². The van der Waals surface area contributed by atoms with Crippen LogP contribution in [0, 0.1) is 0 Å². The van der Waals surface area contributed by atoms with Gasteiger partial charge in [0, 0.05) is 33.5 Å². The van der Waals surface area contributed by atoms with Gasteiger partial charge in [-0.25, -0.2) is 0 Å². The van der Waals surface area contributed by atoms with E-state index in [1.807, 2.05) is 0 Å². The van der Waals surface area contributed by atoms with Gasteiger partial charge in [0.15, 0.2) is 0 Å². The summed E-state index contributed by atoms with van der Waals surface area (Å²) in [6.07, 6.45) is 2.18. The molecule has 13 aromatic rings. The number of nitrogens with zero attached hydrogens (tertiary/aromatic N) is 2. The third-order valence-corrected chi connectivity index (χ3v) is 16.9. The second-order valence-corrected chi connectivity index (χ2v) is 24.6. The van der Waals surface area contributed by atoms with E-state index >= 15 is 0 Å². The largest absolute Gasteiger partial charge is 0.488 e. The lowest BCUT2D eigenvalue weighted by Crippen LogP contribution is -2.22. The van der Waals surface area contributed by atoms with Gasteiger partial charge in [0.05, 0.1) is 11.4 Å². The highest BCUT2D eigenvalue weighted by molar-refractivity contribution is 6.47. The molecule has 0 spiro atoms. The zero-order valence-corrected chi connectivity index (χ0v) is 49.1. The quantitative estimate of drug-likeness (QED) is 0.108. The van der Waals surface area contributed by atoms with Crippen molar-refractivity contribution in [1.29, 1.82) is 0 Å². The Morgan fingerprint density at radius 2 is 0.622 bits per heavy atom. The van der Waals surface area contributed by atoms with Gasteiger partial charge in [0.2, 0.25) is 0 Å². The minimum Gasteiger partial charge on any atom is -0.488 e. The first kappa shape index (κ1) is 52.5. The maximum Gasteiger partial charge on any atom is 0.120 e. The standard InChI is InChI=1S/C78H72N2O2/c1-11-49(3)51-29-33-55(34-30-51)79(57-37-41-59(42-38-57)81-77(5,6)7)67-47-45-65-71-61(67)25-19-27-63(71)73-69(53-21-15-13-16-22-53)74-64-28-20-26-62-68(48-46-66(72(62)64)76(74)70(75(65)73)54-23-17-14-18-24-54)80(56-35-31-52(32-36-56)50(4)12-2)58-39-43-60(44-40-58)82-78(8,9)10/h13-50H,11-12H2,1-10H3. The number of anilines is 6. The van der Waals surface area contributed by atoms with Crippen LogP contribution >= 0.6 is 0 Å². The molecule has 13 rings (SSSR count). The van der Waals surface area contributed by atoms with Crippen molar-refractivity contribution >= 4 is 98.8 Å². The molecule has 406 valence electrons. The predicted molar refractivity (Wildman–Crippen MR) is 352 cm³/mol. The van der Waals surface area contributed by atoms with Crippen molar-refractivity contribution in [2.75, 3.05) is 9.80 Å². The van der Waals surface area contributed by atoms with Crippen molar-refractivity contribution in [3.63, 3.8) is 0 Å². The molecule has 82 heavy (non-hydrogen) atoms. The predicted octanol–water partition coefficient (Wildman–Crippen LogP) is 23.1. The molecule has 0 aliphatic carbocycles. The van der Waals surface area contributed by atoms with E-state index < -0.39 is 0 Å². The summed E-state index contributed by atoms with van der Waals surface area (Å²) in [7, 11) is 0. The summed E-state index contributed by atoms with van der Waals surface area (Å²) >= 11 is 0. The molecule has 0 aliphatic heterocycles. The molecule has 2 atom stereocenters. The van der Waals surface area contributed by atoms with E-state index in [1.54, 1.807) is 0 Å². The third kappa shape index (κ3) is 9.19. The zero-order valence-electron chi connectivity index (χ0n) is 49.1. The average molecular weight is 1070 g/mol. The van der Waals surface area contributed by atoms with Gasteiger partial charge in [0.1, 0.15) is 22.7 Å². The molecule has 0 fully saturated rings. The van der Waals surface area contributed by atoms with Crippen molar-refractivity contribution in [3.8, 4) is 33.8 Å². The molecule has 0 radical (unpaired) electrons. The van der Waals surface area contributed by atoms with Crippen molar-refractivity contribution in [2.24, 2.45) is 0 Å². The highest BCUT2D eigenvalue weighted by Crippen LogP contribution is 2.58. The summed E-state index contributed by atoms with van der Waals surface area (Å²) in [6, 6.07) is 81.7. The lowest BCUT2D eigenvalue weighted by atomic mass is 9.87. The summed E-state index contributed by atoms with van der Waals surface area (Å²) in [5.74, 6) is 2.64. The van der Waals surface area contributed by atoms with E-state index in [1.165, 1.54) is 98.0 Å². The Labute approximate surface area is 483 Å². The van der Waals surface area contributed by atoms with Crippen molar-refractivity contribution < 1.29 is 9.47 Å². The molecular weight excluding hydrogens is 997 g/mol. The second-order valence-electron chi connectivity index (χ2n) is 24.6. The normalized spacial score (nSPS) is 13.0. The van der Waals surface area contributed by atoms with Crippen LogP contribution in [-0.4, -0.2) is 11.2 Å². The monoisotopic (exact) mass is 1070 g/mol.